The summed E-state index contributed by atoms with van der Waals surface area (Å²) in [7, 11) is 1.73. The molecular formula is C14H23NO2. The van der Waals surface area contributed by atoms with Crippen LogP contribution < -0.4 is 0 Å². The Morgan fingerprint density at radius 3 is 3.00 bits per heavy atom. The molecule has 1 N–H and O–H groups in total. The molecule has 3 heteroatoms. The van der Waals surface area contributed by atoms with Crippen LogP contribution in [0.25, 0.3) is 0 Å². The molecule has 0 fully saturated rings. The lowest BCUT2D eigenvalue weighted by Gasteiger charge is -2.34. The van der Waals surface area contributed by atoms with Gasteiger partial charge in [0.05, 0.1) is 6.10 Å². The summed E-state index contributed by atoms with van der Waals surface area (Å²) in [4.78, 5) is 0. The molecule has 1 aliphatic carbocycles. The first-order valence-electron chi connectivity index (χ1n) is 6.38. The first-order chi connectivity index (χ1) is 8.03. The van der Waals surface area contributed by atoms with Gasteiger partial charge in [-0.1, -0.05) is 13.8 Å². The van der Waals surface area contributed by atoms with Gasteiger partial charge in [-0.3, -0.25) is 0 Å². The molecule has 3 nitrogen and oxygen atoms in total. The number of fused-ring (bicyclic) bond motifs is 1. The Morgan fingerprint density at radius 2 is 2.29 bits per heavy atom. The van der Waals surface area contributed by atoms with Gasteiger partial charge in [0.15, 0.2) is 0 Å². The van der Waals surface area contributed by atoms with Crippen molar-refractivity contribution in [1.82, 2.24) is 4.57 Å². The molecule has 1 aliphatic rings. The van der Waals surface area contributed by atoms with Crippen LogP contribution in [0.1, 0.15) is 44.1 Å². The van der Waals surface area contributed by atoms with E-state index in [0.29, 0.717) is 0 Å². The number of aryl methyl sites for hydroxylation is 1. The SMILES string of the molecule is COCCCn1ccc2c1CC(C)(C)CC2O. The van der Waals surface area contributed by atoms with Crippen LogP contribution in [-0.2, 0) is 17.7 Å². The summed E-state index contributed by atoms with van der Waals surface area (Å²) in [5.41, 5.74) is 2.63. The zero-order valence-corrected chi connectivity index (χ0v) is 11.1. The summed E-state index contributed by atoms with van der Waals surface area (Å²) in [6.45, 7) is 6.22. The van der Waals surface area contributed by atoms with Crippen LogP contribution in [0.4, 0.5) is 0 Å². The number of rotatable bonds is 4. The highest BCUT2D eigenvalue weighted by atomic mass is 16.5. The van der Waals surface area contributed by atoms with E-state index in [1.54, 1.807) is 7.11 Å². The van der Waals surface area contributed by atoms with Crippen LogP contribution in [-0.4, -0.2) is 23.4 Å². The normalized spacial score (nSPS) is 22.5. The molecule has 0 spiro atoms. The Kier molecular flexibility index (Phi) is 3.59. The average molecular weight is 237 g/mol. The summed E-state index contributed by atoms with van der Waals surface area (Å²) in [6.07, 6.45) is 4.75. The molecule has 0 bridgehead atoms. The summed E-state index contributed by atoms with van der Waals surface area (Å²) in [6, 6.07) is 2.07. The fourth-order valence-corrected chi connectivity index (χ4v) is 2.78. The van der Waals surface area contributed by atoms with E-state index in [0.717, 1.165) is 38.0 Å². The Morgan fingerprint density at radius 1 is 1.53 bits per heavy atom. The molecule has 0 radical (unpaired) electrons. The van der Waals surface area contributed by atoms with E-state index in [2.05, 4.69) is 30.7 Å². The van der Waals surface area contributed by atoms with Gasteiger partial charge >= 0.3 is 0 Å². The largest absolute Gasteiger partial charge is 0.388 e. The van der Waals surface area contributed by atoms with E-state index < -0.39 is 0 Å². The Bertz CT molecular complexity index is 382. The maximum atomic E-state index is 10.1. The second-order valence-corrected chi connectivity index (χ2v) is 5.82. The summed E-state index contributed by atoms with van der Waals surface area (Å²) in [5.74, 6) is 0. The zero-order chi connectivity index (χ0) is 12.5. The second-order valence-electron chi connectivity index (χ2n) is 5.82. The van der Waals surface area contributed by atoms with E-state index in [1.165, 1.54) is 5.69 Å². The number of nitrogens with zero attached hydrogens (tertiary/aromatic N) is 1. The highest BCUT2D eigenvalue weighted by molar-refractivity contribution is 5.29. The molecule has 1 aromatic rings. The van der Waals surface area contributed by atoms with E-state index in [4.69, 9.17) is 4.74 Å². The van der Waals surface area contributed by atoms with E-state index in [1.807, 2.05) is 0 Å². The summed E-state index contributed by atoms with van der Waals surface area (Å²) in [5, 5.41) is 10.1. The minimum absolute atomic E-state index is 0.198. The highest BCUT2D eigenvalue weighted by Gasteiger charge is 2.32. The minimum Gasteiger partial charge on any atom is -0.388 e. The highest BCUT2D eigenvalue weighted by Crippen LogP contribution is 2.41. The minimum atomic E-state index is -0.294. The maximum absolute atomic E-state index is 10.1. The topological polar surface area (TPSA) is 34.4 Å². The number of aliphatic hydroxyl groups excluding tert-OH is 1. The van der Waals surface area contributed by atoms with Crippen LogP contribution >= 0.6 is 0 Å². The van der Waals surface area contributed by atoms with Crippen LogP contribution in [0.2, 0.25) is 0 Å². The van der Waals surface area contributed by atoms with Crippen molar-refractivity contribution in [3.8, 4) is 0 Å². The fraction of sp³-hybridized carbons (Fsp3) is 0.714. The van der Waals surface area contributed by atoms with Crippen LogP contribution in [0.15, 0.2) is 12.3 Å². The van der Waals surface area contributed by atoms with Gasteiger partial charge in [0.1, 0.15) is 0 Å². The van der Waals surface area contributed by atoms with Crippen molar-refractivity contribution in [1.29, 1.82) is 0 Å². The maximum Gasteiger partial charge on any atom is 0.0812 e. The molecule has 0 amide bonds. The number of aliphatic hydroxyl groups is 1. The standard InChI is InChI=1S/C14H23NO2/c1-14(2)9-12-11(13(16)10-14)5-7-15(12)6-4-8-17-3/h5,7,13,16H,4,6,8-10H2,1-3H3. The van der Waals surface area contributed by atoms with Gasteiger partial charge in [-0.25, -0.2) is 0 Å². The average Bonchev–Trinajstić information content (AvgIpc) is 2.60. The predicted octanol–water partition coefficient (Wildman–Crippen LogP) is 2.53. The number of aromatic nitrogens is 1. The smallest absolute Gasteiger partial charge is 0.0812 e. The summed E-state index contributed by atoms with van der Waals surface area (Å²) >= 11 is 0. The quantitative estimate of drug-likeness (QED) is 0.817. The van der Waals surface area contributed by atoms with Crippen molar-refractivity contribution in [2.24, 2.45) is 5.41 Å². The number of hydrogen-bond donors (Lipinski definition) is 1. The monoisotopic (exact) mass is 237 g/mol. The lowest BCUT2D eigenvalue weighted by Crippen LogP contribution is -2.26. The first kappa shape index (κ1) is 12.7. The molecule has 0 saturated carbocycles. The van der Waals surface area contributed by atoms with Gasteiger partial charge in [-0.15, -0.1) is 0 Å². The Hall–Kier alpha value is -0.800. The molecule has 1 heterocycles. The first-order valence-corrected chi connectivity index (χ1v) is 6.38. The molecule has 17 heavy (non-hydrogen) atoms. The summed E-state index contributed by atoms with van der Waals surface area (Å²) < 4.78 is 7.36. The molecule has 2 rings (SSSR count). The van der Waals surface area contributed by atoms with E-state index in [9.17, 15) is 5.11 Å². The molecule has 1 unspecified atom stereocenters. The Balaban J connectivity index is 2.16. The van der Waals surface area contributed by atoms with Crippen molar-refractivity contribution in [2.75, 3.05) is 13.7 Å². The second kappa shape index (κ2) is 4.83. The predicted molar refractivity (Wildman–Crippen MR) is 68.0 cm³/mol. The van der Waals surface area contributed by atoms with Gasteiger partial charge < -0.3 is 14.4 Å². The lowest BCUT2D eigenvalue weighted by atomic mass is 9.75. The van der Waals surface area contributed by atoms with Gasteiger partial charge in [-0.2, -0.15) is 0 Å². The molecule has 96 valence electrons. The van der Waals surface area contributed by atoms with Crippen LogP contribution in [0.3, 0.4) is 0 Å². The van der Waals surface area contributed by atoms with Gasteiger partial charge in [0.25, 0.3) is 0 Å². The molecule has 0 saturated heterocycles. The third kappa shape index (κ3) is 2.72. The van der Waals surface area contributed by atoms with Gasteiger partial charge in [-0.05, 0) is 30.7 Å². The van der Waals surface area contributed by atoms with Gasteiger partial charge in [0.2, 0.25) is 0 Å². The molecule has 0 aliphatic heterocycles. The van der Waals surface area contributed by atoms with Crippen molar-refractivity contribution in [3.05, 3.63) is 23.5 Å². The zero-order valence-electron chi connectivity index (χ0n) is 11.1. The molecular weight excluding hydrogens is 214 g/mol. The molecule has 0 aromatic carbocycles. The van der Waals surface area contributed by atoms with Crippen molar-refractivity contribution < 1.29 is 9.84 Å². The van der Waals surface area contributed by atoms with E-state index in [-0.39, 0.29) is 11.5 Å². The third-order valence-corrected chi connectivity index (χ3v) is 3.61. The number of hydrogen-bond acceptors (Lipinski definition) is 2. The van der Waals surface area contributed by atoms with Gasteiger partial charge in [0, 0.05) is 37.7 Å². The number of methoxy groups -OCH3 is 1. The molecule has 1 atom stereocenters. The fourth-order valence-electron chi connectivity index (χ4n) is 2.78. The van der Waals surface area contributed by atoms with Crippen LogP contribution in [0, 0.1) is 5.41 Å². The Labute approximate surface area is 103 Å². The van der Waals surface area contributed by atoms with Crippen molar-refractivity contribution in [2.45, 2.75) is 45.8 Å². The number of ether oxygens (including phenoxy) is 1. The van der Waals surface area contributed by atoms with Crippen molar-refractivity contribution in [3.63, 3.8) is 0 Å². The van der Waals surface area contributed by atoms with Crippen LogP contribution in [0.5, 0.6) is 0 Å². The molecule has 1 aromatic heterocycles. The lowest BCUT2D eigenvalue weighted by molar-refractivity contribution is 0.0977. The third-order valence-electron chi connectivity index (χ3n) is 3.61. The van der Waals surface area contributed by atoms with E-state index >= 15 is 0 Å². The van der Waals surface area contributed by atoms with Crippen molar-refractivity contribution >= 4 is 0 Å².